The maximum absolute atomic E-state index is 9.97. The van der Waals surface area contributed by atoms with E-state index in [-0.39, 0.29) is 0 Å². The highest BCUT2D eigenvalue weighted by atomic mass is 16.5. The molecule has 0 spiro atoms. The minimum absolute atomic E-state index is 0.298. The standard InChI is InChI=1S/C10H19N3O2/c1-4-5-13-9(11-8-12-13)6-10(2,14)7-15-3/h8,14H,4-7H2,1-3H3. The van der Waals surface area contributed by atoms with E-state index in [2.05, 4.69) is 17.0 Å². The molecule has 0 fully saturated rings. The van der Waals surface area contributed by atoms with Gasteiger partial charge in [-0.25, -0.2) is 4.98 Å². The van der Waals surface area contributed by atoms with Gasteiger partial charge in [0.05, 0.1) is 12.2 Å². The fraction of sp³-hybridized carbons (Fsp3) is 0.800. The van der Waals surface area contributed by atoms with Crippen LogP contribution in [0.1, 0.15) is 26.1 Å². The molecule has 0 amide bonds. The van der Waals surface area contributed by atoms with Crippen molar-refractivity contribution < 1.29 is 9.84 Å². The highest BCUT2D eigenvalue weighted by molar-refractivity contribution is 4.92. The van der Waals surface area contributed by atoms with E-state index in [0.29, 0.717) is 13.0 Å². The van der Waals surface area contributed by atoms with Crippen molar-refractivity contribution in [2.24, 2.45) is 0 Å². The number of hydrogen-bond donors (Lipinski definition) is 1. The minimum Gasteiger partial charge on any atom is -0.387 e. The lowest BCUT2D eigenvalue weighted by Gasteiger charge is -2.21. The Morgan fingerprint density at radius 3 is 2.93 bits per heavy atom. The molecule has 0 bridgehead atoms. The molecule has 1 rings (SSSR count). The predicted molar refractivity (Wildman–Crippen MR) is 56.5 cm³/mol. The van der Waals surface area contributed by atoms with Gasteiger partial charge in [-0.2, -0.15) is 5.10 Å². The van der Waals surface area contributed by atoms with E-state index < -0.39 is 5.60 Å². The smallest absolute Gasteiger partial charge is 0.138 e. The quantitative estimate of drug-likeness (QED) is 0.753. The molecule has 0 radical (unpaired) electrons. The SMILES string of the molecule is CCCn1ncnc1CC(C)(O)COC. The molecule has 0 aliphatic heterocycles. The number of rotatable bonds is 6. The van der Waals surface area contributed by atoms with E-state index in [0.717, 1.165) is 18.8 Å². The van der Waals surface area contributed by atoms with Crippen LogP contribution in [0.4, 0.5) is 0 Å². The molecule has 1 N–H and O–H groups in total. The summed E-state index contributed by atoms with van der Waals surface area (Å²) in [5.74, 6) is 0.805. The van der Waals surface area contributed by atoms with Gasteiger partial charge in [-0.1, -0.05) is 6.92 Å². The zero-order valence-electron chi connectivity index (χ0n) is 9.60. The summed E-state index contributed by atoms with van der Waals surface area (Å²) in [5, 5.41) is 14.1. The zero-order chi connectivity index (χ0) is 11.3. The number of ether oxygens (including phenoxy) is 1. The molecule has 1 unspecified atom stereocenters. The molecule has 5 nitrogen and oxygen atoms in total. The maximum atomic E-state index is 9.97. The Morgan fingerprint density at radius 2 is 2.33 bits per heavy atom. The topological polar surface area (TPSA) is 60.2 Å². The van der Waals surface area contributed by atoms with Gasteiger partial charge in [0.25, 0.3) is 0 Å². The molecule has 15 heavy (non-hydrogen) atoms. The summed E-state index contributed by atoms with van der Waals surface area (Å²) in [4.78, 5) is 4.14. The third-order valence-corrected chi connectivity index (χ3v) is 2.13. The molecule has 0 saturated carbocycles. The summed E-state index contributed by atoms with van der Waals surface area (Å²) in [6, 6.07) is 0. The van der Waals surface area contributed by atoms with Crippen LogP contribution in [0.3, 0.4) is 0 Å². The normalized spacial score (nSPS) is 15.2. The Balaban J connectivity index is 2.66. The van der Waals surface area contributed by atoms with Gasteiger partial charge < -0.3 is 9.84 Å². The van der Waals surface area contributed by atoms with Crippen LogP contribution in [-0.2, 0) is 17.7 Å². The van der Waals surface area contributed by atoms with Crippen LogP contribution in [-0.4, -0.2) is 39.2 Å². The molecule has 1 heterocycles. The van der Waals surface area contributed by atoms with E-state index >= 15 is 0 Å². The number of hydrogen-bond acceptors (Lipinski definition) is 4. The van der Waals surface area contributed by atoms with Crippen LogP contribution >= 0.6 is 0 Å². The molecule has 5 heteroatoms. The van der Waals surface area contributed by atoms with Gasteiger partial charge in [0.15, 0.2) is 0 Å². The van der Waals surface area contributed by atoms with Crippen molar-refractivity contribution in [1.82, 2.24) is 14.8 Å². The number of aromatic nitrogens is 3. The summed E-state index contributed by atoms with van der Waals surface area (Å²) < 4.78 is 6.77. The monoisotopic (exact) mass is 213 g/mol. The van der Waals surface area contributed by atoms with Gasteiger partial charge in [0.1, 0.15) is 12.2 Å². The van der Waals surface area contributed by atoms with Crippen LogP contribution in [0.5, 0.6) is 0 Å². The second-order valence-electron chi connectivity index (χ2n) is 4.01. The first-order valence-electron chi connectivity index (χ1n) is 5.17. The number of aliphatic hydroxyl groups is 1. The van der Waals surface area contributed by atoms with Gasteiger partial charge in [-0.05, 0) is 13.3 Å². The van der Waals surface area contributed by atoms with Crippen molar-refractivity contribution in [2.45, 2.75) is 38.8 Å². The largest absolute Gasteiger partial charge is 0.387 e. The summed E-state index contributed by atoms with van der Waals surface area (Å²) in [5.41, 5.74) is -0.882. The number of methoxy groups -OCH3 is 1. The van der Waals surface area contributed by atoms with Gasteiger partial charge >= 0.3 is 0 Å². The summed E-state index contributed by atoms with van der Waals surface area (Å²) in [6.45, 7) is 4.95. The van der Waals surface area contributed by atoms with Crippen LogP contribution in [0.2, 0.25) is 0 Å². The van der Waals surface area contributed by atoms with Crippen LogP contribution in [0, 0.1) is 0 Å². The molecule has 1 aromatic heterocycles. The Kier molecular flexibility index (Phi) is 4.23. The van der Waals surface area contributed by atoms with Crippen molar-refractivity contribution in [3.05, 3.63) is 12.2 Å². The first-order chi connectivity index (χ1) is 7.09. The molecule has 0 aliphatic carbocycles. The molecular formula is C10H19N3O2. The van der Waals surface area contributed by atoms with Crippen molar-refractivity contribution >= 4 is 0 Å². The second kappa shape index (κ2) is 5.23. The van der Waals surface area contributed by atoms with E-state index in [1.807, 2.05) is 4.68 Å². The lowest BCUT2D eigenvalue weighted by molar-refractivity contribution is -0.0181. The van der Waals surface area contributed by atoms with Gasteiger partial charge in [-0.3, -0.25) is 4.68 Å². The van der Waals surface area contributed by atoms with Crippen LogP contribution < -0.4 is 0 Å². The maximum Gasteiger partial charge on any atom is 0.138 e. The summed E-state index contributed by atoms with van der Waals surface area (Å²) in [7, 11) is 1.57. The Labute approximate surface area is 90.1 Å². The summed E-state index contributed by atoms with van der Waals surface area (Å²) >= 11 is 0. The van der Waals surface area contributed by atoms with E-state index in [1.54, 1.807) is 14.0 Å². The van der Waals surface area contributed by atoms with Crippen LogP contribution in [0.25, 0.3) is 0 Å². The van der Waals surface area contributed by atoms with Crippen molar-refractivity contribution in [3.8, 4) is 0 Å². The van der Waals surface area contributed by atoms with Crippen molar-refractivity contribution in [1.29, 1.82) is 0 Å². The molecule has 1 aromatic rings. The first kappa shape index (κ1) is 12.1. The van der Waals surface area contributed by atoms with E-state index in [4.69, 9.17) is 4.74 Å². The third kappa shape index (κ3) is 3.60. The first-order valence-corrected chi connectivity index (χ1v) is 5.17. The average Bonchev–Trinajstić information content (AvgIpc) is 2.52. The van der Waals surface area contributed by atoms with Crippen LogP contribution in [0.15, 0.2) is 6.33 Å². The van der Waals surface area contributed by atoms with E-state index in [1.165, 1.54) is 6.33 Å². The minimum atomic E-state index is -0.882. The highest BCUT2D eigenvalue weighted by Gasteiger charge is 2.23. The molecule has 0 aliphatic rings. The molecular weight excluding hydrogens is 194 g/mol. The highest BCUT2D eigenvalue weighted by Crippen LogP contribution is 2.11. The number of aryl methyl sites for hydroxylation is 1. The molecule has 0 aromatic carbocycles. The molecule has 86 valence electrons. The Morgan fingerprint density at radius 1 is 1.60 bits per heavy atom. The van der Waals surface area contributed by atoms with Crippen molar-refractivity contribution in [3.63, 3.8) is 0 Å². The van der Waals surface area contributed by atoms with Gasteiger partial charge in [-0.15, -0.1) is 0 Å². The van der Waals surface area contributed by atoms with Gasteiger partial charge in [0.2, 0.25) is 0 Å². The summed E-state index contributed by atoms with van der Waals surface area (Å²) in [6.07, 6.45) is 2.98. The van der Waals surface area contributed by atoms with Gasteiger partial charge in [0, 0.05) is 20.1 Å². The average molecular weight is 213 g/mol. The lowest BCUT2D eigenvalue weighted by Crippen LogP contribution is -2.34. The lowest BCUT2D eigenvalue weighted by atomic mass is 10.0. The number of nitrogens with zero attached hydrogens (tertiary/aromatic N) is 3. The zero-order valence-corrected chi connectivity index (χ0v) is 9.60. The third-order valence-electron chi connectivity index (χ3n) is 2.13. The van der Waals surface area contributed by atoms with E-state index in [9.17, 15) is 5.11 Å². The van der Waals surface area contributed by atoms with Crippen molar-refractivity contribution in [2.75, 3.05) is 13.7 Å². The fourth-order valence-corrected chi connectivity index (χ4v) is 1.53. The Bertz CT molecular complexity index is 297. The molecule has 1 atom stereocenters. The second-order valence-corrected chi connectivity index (χ2v) is 4.01. The fourth-order valence-electron chi connectivity index (χ4n) is 1.53. The predicted octanol–water partition coefficient (Wildman–Crippen LogP) is 0.628. The Hall–Kier alpha value is -0.940. The molecule has 0 saturated heterocycles.